The van der Waals surface area contributed by atoms with E-state index < -0.39 is 0 Å². The maximum absolute atomic E-state index is 5.09. The van der Waals surface area contributed by atoms with Gasteiger partial charge in [-0.15, -0.1) is 5.10 Å². The van der Waals surface area contributed by atoms with E-state index in [4.69, 9.17) is 4.74 Å². The maximum atomic E-state index is 5.09. The highest BCUT2D eigenvalue weighted by atomic mass is 16.5. The molecule has 0 aliphatic carbocycles. The molecule has 2 rings (SSSR count). The Hall–Kier alpha value is -1.95. The first kappa shape index (κ1) is 15.4. The third-order valence-electron chi connectivity index (χ3n) is 3.34. The van der Waals surface area contributed by atoms with E-state index in [1.165, 1.54) is 0 Å². The molecule has 6 heteroatoms. The molecule has 114 valence electrons. The molecule has 2 heterocycles. The minimum atomic E-state index is 0.187. The third-order valence-corrected chi connectivity index (χ3v) is 3.34. The van der Waals surface area contributed by atoms with Gasteiger partial charge in [0.2, 0.25) is 5.88 Å². The summed E-state index contributed by atoms with van der Waals surface area (Å²) in [5, 5.41) is 11.7. The van der Waals surface area contributed by atoms with Crippen molar-refractivity contribution in [3.8, 4) is 5.88 Å². The Morgan fingerprint density at radius 3 is 2.76 bits per heavy atom. The first-order valence-corrected chi connectivity index (χ1v) is 7.39. The minimum absolute atomic E-state index is 0.187. The monoisotopic (exact) mass is 289 g/mol. The van der Waals surface area contributed by atoms with Crippen LogP contribution in [-0.2, 0) is 13.0 Å². The van der Waals surface area contributed by atoms with Gasteiger partial charge in [0.25, 0.3) is 0 Å². The summed E-state index contributed by atoms with van der Waals surface area (Å²) in [5.41, 5.74) is 2.28. The molecule has 0 aromatic carbocycles. The molecule has 0 fully saturated rings. The number of hydrogen-bond donors (Lipinski definition) is 1. The highest BCUT2D eigenvalue weighted by molar-refractivity contribution is 5.20. The molecule has 1 N–H and O–H groups in total. The summed E-state index contributed by atoms with van der Waals surface area (Å²) in [5.74, 6) is 0.636. The van der Waals surface area contributed by atoms with Crippen molar-refractivity contribution in [3.63, 3.8) is 0 Å². The maximum Gasteiger partial charge on any atom is 0.212 e. The van der Waals surface area contributed by atoms with Crippen molar-refractivity contribution in [2.45, 2.75) is 39.3 Å². The van der Waals surface area contributed by atoms with E-state index in [1.54, 1.807) is 7.11 Å². The van der Waals surface area contributed by atoms with Gasteiger partial charge in [0.15, 0.2) is 0 Å². The number of rotatable bonds is 8. The predicted octanol–water partition coefficient (Wildman–Crippen LogP) is 1.98. The van der Waals surface area contributed by atoms with Crippen molar-refractivity contribution in [1.82, 2.24) is 25.3 Å². The van der Waals surface area contributed by atoms with Crippen molar-refractivity contribution in [2.24, 2.45) is 0 Å². The zero-order chi connectivity index (χ0) is 15.1. The van der Waals surface area contributed by atoms with Gasteiger partial charge in [0.1, 0.15) is 0 Å². The van der Waals surface area contributed by atoms with Gasteiger partial charge >= 0.3 is 0 Å². The lowest BCUT2D eigenvalue weighted by Gasteiger charge is -2.18. The fraction of sp³-hybridized carbons (Fsp3) is 0.533. The van der Waals surface area contributed by atoms with Crippen LogP contribution in [0.25, 0.3) is 0 Å². The van der Waals surface area contributed by atoms with Gasteiger partial charge in [-0.2, -0.15) is 0 Å². The standard InChI is InChI=1S/C15H23N5O/c1-4-8-20-14(11-18-19-20)13(16-5-2)9-12-6-7-15(21-3)17-10-12/h6-7,10-11,13,16H,4-5,8-9H2,1-3H3. The van der Waals surface area contributed by atoms with Gasteiger partial charge in [0, 0.05) is 18.8 Å². The van der Waals surface area contributed by atoms with Crippen LogP contribution in [0.3, 0.4) is 0 Å². The first-order valence-electron chi connectivity index (χ1n) is 7.39. The number of nitrogens with one attached hydrogen (secondary N) is 1. The van der Waals surface area contributed by atoms with Gasteiger partial charge in [-0.25, -0.2) is 9.67 Å². The largest absolute Gasteiger partial charge is 0.481 e. The van der Waals surface area contributed by atoms with Crippen LogP contribution >= 0.6 is 0 Å². The molecule has 0 saturated heterocycles. The summed E-state index contributed by atoms with van der Waals surface area (Å²) in [4.78, 5) is 4.26. The lowest BCUT2D eigenvalue weighted by molar-refractivity contribution is 0.397. The van der Waals surface area contributed by atoms with E-state index in [2.05, 4.69) is 34.5 Å². The Balaban J connectivity index is 2.15. The van der Waals surface area contributed by atoms with Crippen LogP contribution in [0.2, 0.25) is 0 Å². The molecule has 1 atom stereocenters. The molecular formula is C15H23N5O. The molecule has 2 aromatic rings. The normalized spacial score (nSPS) is 12.3. The third kappa shape index (κ3) is 4.01. The molecule has 0 amide bonds. The second-order valence-corrected chi connectivity index (χ2v) is 4.91. The van der Waals surface area contributed by atoms with Crippen LogP contribution in [-0.4, -0.2) is 33.6 Å². The van der Waals surface area contributed by atoms with Gasteiger partial charge in [0.05, 0.1) is 25.0 Å². The van der Waals surface area contributed by atoms with Crippen LogP contribution in [0.5, 0.6) is 5.88 Å². The van der Waals surface area contributed by atoms with Gasteiger partial charge in [-0.05, 0) is 24.9 Å². The van der Waals surface area contributed by atoms with Crippen molar-refractivity contribution in [1.29, 1.82) is 0 Å². The SMILES string of the molecule is CCCn1nncc1C(Cc1ccc(OC)nc1)NCC. The number of likely N-dealkylation sites (N-methyl/N-ethyl adjacent to an activating group) is 1. The smallest absolute Gasteiger partial charge is 0.212 e. The lowest BCUT2D eigenvalue weighted by Crippen LogP contribution is -2.26. The van der Waals surface area contributed by atoms with Crippen LogP contribution < -0.4 is 10.1 Å². The summed E-state index contributed by atoms with van der Waals surface area (Å²) >= 11 is 0. The molecule has 0 aliphatic rings. The highest BCUT2D eigenvalue weighted by Crippen LogP contribution is 2.18. The van der Waals surface area contributed by atoms with Crippen molar-refractivity contribution in [2.75, 3.05) is 13.7 Å². The van der Waals surface area contributed by atoms with Crippen LogP contribution in [0.1, 0.15) is 37.6 Å². The fourth-order valence-electron chi connectivity index (χ4n) is 2.34. The van der Waals surface area contributed by atoms with Crippen molar-refractivity contribution < 1.29 is 4.74 Å². The Labute approximate surface area is 125 Å². The molecule has 6 nitrogen and oxygen atoms in total. The Morgan fingerprint density at radius 1 is 1.29 bits per heavy atom. The number of aromatic nitrogens is 4. The van der Waals surface area contributed by atoms with E-state index in [1.807, 2.05) is 29.2 Å². The van der Waals surface area contributed by atoms with E-state index >= 15 is 0 Å². The van der Waals surface area contributed by atoms with E-state index in [-0.39, 0.29) is 6.04 Å². The lowest BCUT2D eigenvalue weighted by atomic mass is 10.0. The number of pyridine rings is 1. The molecule has 0 aliphatic heterocycles. The highest BCUT2D eigenvalue weighted by Gasteiger charge is 2.16. The number of hydrogen-bond acceptors (Lipinski definition) is 5. The Bertz CT molecular complexity index is 537. The molecule has 1 unspecified atom stereocenters. The van der Waals surface area contributed by atoms with Gasteiger partial charge in [-0.3, -0.25) is 0 Å². The average molecular weight is 289 g/mol. The quantitative estimate of drug-likeness (QED) is 0.805. The van der Waals surface area contributed by atoms with Crippen molar-refractivity contribution >= 4 is 0 Å². The summed E-state index contributed by atoms with van der Waals surface area (Å²) in [6, 6.07) is 4.12. The fourth-order valence-corrected chi connectivity index (χ4v) is 2.34. The molecule has 21 heavy (non-hydrogen) atoms. The van der Waals surface area contributed by atoms with Gasteiger partial charge < -0.3 is 10.1 Å². The number of nitrogens with zero attached hydrogens (tertiary/aromatic N) is 4. The zero-order valence-electron chi connectivity index (χ0n) is 12.9. The summed E-state index contributed by atoms with van der Waals surface area (Å²) in [7, 11) is 1.62. The first-order chi connectivity index (χ1) is 10.3. The second kappa shape index (κ2) is 7.73. The Kier molecular flexibility index (Phi) is 5.68. The van der Waals surface area contributed by atoms with E-state index in [0.717, 1.165) is 37.2 Å². The van der Waals surface area contributed by atoms with Crippen LogP contribution in [0.15, 0.2) is 24.5 Å². The molecule has 0 spiro atoms. The molecular weight excluding hydrogens is 266 g/mol. The summed E-state index contributed by atoms with van der Waals surface area (Å²) in [6.45, 7) is 6.03. The van der Waals surface area contributed by atoms with E-state index in [0.29, 0.717) is 5.88 Å². The summed E-state index contributed by atoms with van der Waals surface area (Å²) < 4.78 is 7.07. The second-order valence-electron chi connectivity index (χ2n) is 4.91. The van der Waals surface area contributed by atoms with Crippen LogP contribution in [0, 0.1) is 0 Å². The van der Waals surface area contributed by atoms with E-state index in [9.17, 15) is 0 Å². The predicted molar refractivity (Wildman–Crippen MR) is 81.2 cm³/mol. The number of aryl methyl sites for hydroxylation is 1. The Morgan fingerprint density at radius 2 is 2.14 bits per heavy atom. The topological polar surface area (TPSA) is 64.9 Å². The molecule has 2 aromatic heterocycles. The summed E-state index contributed by atoms with van der Waals surface area (Å²) in [6.07, 6.45) is 5.60. The average Bonchev–Trinajstić information content (AvgIpc) is 2.96. The number of ether oxygens (including phenoxy) is 1. The minimum Gasteiger partial charge on any atom is -0.481 e. The van der Waals surface area contributed by atoms with Gasteiger partial charge in [-0.1, -0.05) is 25.1 Å². The molecule has 0 bridgehead atoms. The molecule has 0 radical (unpaired) electrons. The van der Waals surface area contributed by atoms with Crippen molar-refractivity contribution in [3.05, 3.63) is 35.8 Å². The number of methoxy groups -OCH3 is 1. The van der Waals surface area contributed by atoms with Crippen LogP contribution in [0.4, 0.5) is 0 Å². The molecule has 0 saturated carbocycles. The zero-order valence-corrected chi connectivity index (χ0v) is 12.9.